The monoisotopic (exact) mass is 390 g/mol. The predicted molar refractivity (Wildman–Crippen MR) is 102 cm³/mol. The van der Waals surface area contributed by atoms with Crippen molar-refractivity contribution in [1.29, 1.82) is 0 Å². The van der Waals surface area contributed by atoms with Gasteiger partial charge in [0.1, 0.15) is 10.8 Å². The molecule has 2 aliphatic heterocycles. The molecule has 136 valence electrons. The highest BCUT2D eigenvalue weighted by molar-refractivity contribution is 7.08. The summed E-state index contributed by atoms with van der Waals surface area (Å²) < 4.78 is 0. The lowest BCUT2D eigenvalue weighted by Crippen LogP contribution is -2.64. The van der Waals surface area contributed by atoms with Crippen LogP contribution in [-0.4, -0.2) is 65.4 Å². The Morgan fingerprint density at radius 2 is 2.15 bits per heavy atom. The van der Waals surface area contributed by atoms with E-state index < -0.39 is 0 Å². The van der Waals surface area contributed by atoms with Crippen molar-refractivity contribution >= 4 is 40.4 Å². The zero-order chi connectivity index (χ0) is 18.3. The maximum absolute atomic E-state index is 12.8. The molecule has 0 N–H and O–H groups in total. The van der Waals surface area contributed by atoms with Crippen molar-refractivity contribution in [1.82, 2.24) is 14.8 Å². The Kier molecular flexibility index (Phi) is 4.46. The van der Waals surface area contributed by atoms with Crippen LogP contribution in [0.2, 0.25) is 5.15 Å². The molecule has 2 aliphatic rings. The Morgan fingerprint density at radius 1 is 1.31 bits per heavy atom. The molecule has 0 aromatic carbocycles. The number of amides is 2. The van der Waals surface area contributed by atoms with Gasteiger partial charge in [-0.3, -0.25) is 14.5 Å². The first kappa shape index (κ1) is 17.5. The quantitative estimate of drug-likeness (QED) is 0.739. The average molecular weight is 391 g/mol. The van der Waals surface area contributed by atoms with Crippen LogP contribution in [0.5, 0.6) is 0 Å². The van der Waals surface area contributed by atoms with Gasteiger partial charge in [0.2, 0.25) is 5.91 Å². The molecule has 4 rings (SSSR count). The highest BCUT2D eigenvalue weighted by Gasteiger charge is 2.48. The highest BCUT2D eigenvalue weighted by Crippen LogP contribution is 2.34. The number of carbonyl (C=O) groups excluding carboxylic acids is 2. The zero-order valence-electron chi connectivity index (χ0n) is 14.4. The molecule has 8 heteroatoms. The van der Waals surface area contributed by atoms with Gasteiger partial charge in [0, 0.05) is 25.0 Å². The summed E-state index contributed by atoms with van der Waals surface area (Å²) in [6, 6.07) is 7.04. The van der Waals surface area contributed by atoms with Gasteiger partial charge in [-0.25, -0.2) is 4.98 Å². The van der Waals surface area contributed by atoms with Crippen LogP contribution in [0.25, 0.3) is 0 Å². The van der Waals surface area contributed by atoms with Crippen molar-refractivity contribution in [3.05, 3.63) is 45.9 Å². The predicted octanol–water partition coefficient (Wildman–Crippen LogP) is 2.36. The number of likely N-dealkylation sites (tertiary alicyclic amines) is 1. The Bertz CT molecular complexity index is 843. The molecule has 2 amide bonds. The molecule has 4 heterocycles. The molecule has 26 heavy (non-hydrogen) atoms. The van der Waals surface area contributed by atoms with E-state index in [1.54, 1.807) is 29.5 Å². The summed E-state index contributed by atoms with van der Waals surface area (Å²) in [6.07, 6.45) is 0.823. The first-order valence-corrected chi connectivity index (χ1v) is 9.76. The Hall–Kier alpha value is -1.96. The summed E-state index contributed by atoms with van der Waals surface area (Å²) in [6.45, 7) is 2.16. The molecule has 0 radical (unpaired) electrons. The summed E-state index contributed by atoms with van der Waals surface area (Å²) in [7, 11) is 1.97. The number of hydrogen-bond acceptors (Lipinski definition) is 5. The van der Waals surface area contributed by atoms with Crippen LogP contribution >= 0.6 is 22.9 Å². The third-order valence-electron chi connectivity index (χ3n) is 5.31. The summed E-state index contributed by atoms with van der Waals surface area (Å²) in [4.78, 5) is 35.2. The molecule has 0 aliphatic carbocycles. The van der Waals surface area contributed by atoms with E-state index >= 15 is 0 Å². The molecule has 0 bridgehead atoms. The van der Waals surface area contributed by atoms with Crippen LogP contribution in [0, 0.1) is 0 Å². The van der Waals surface area contributed by atoms with Gasteiger partial charge in [0.05, 0.1) is 17.8 Å². The van der Waals surface area contributed by atoms with Gasteiger partial charge in [-0.2, -0.15) is 11.3 Å². The SMILES string of the molecule is CN1CC(=O)N(c2ccsc2)CC12CCN(C(=O)c1cccc(Cl)n1)C2. The lowest BCUT2D eigenvalue weighted by molar-refractivity contribution is -0.123. The summed E-state index contributed by atoms with van der Waals surface area (Å²) in [5.74, 6) is -0.0189. The zero-order valence-corrected chi connectivity index (χ0v) is 16.0. The number of halogens is 1. The minimum Gasteiger partial charge on any atom is -0.335 e. The van der Waals surface area contributed by atoms with Gasteiger partial charge in [-0.15, -0.1) is 0 Å². The Labute approximate surface area is 161 Å². The molecular formula is C18H19ClN4O2S. The van der Waals surface area contributed by atoms with Gasteiger partial charge in [0.25, 0.3) is 5.91 Å². The fourth-order valence-electron chi connectivity index (χ4n) is 3.77. The van der Waals surface area contributed by atoms with E-state index in [4.69, 9.17) is 11.6 Å². The van der Waals surface area contributed by atoms with Crippen molar-refractivity contribution in [2.75, 3.05) is 38.1 Å². The lowest BCUT2D eigenvalue weighted by atomic mass is 9.93. The first-order chi connectivity index (χ1) is 12.5. The van der Waals surface area contributed by atoms with E-state index in [0.29, 0.717) is 37.0 Å². The summed E-state index contributed by atoms with van der Waals surface area (Å²) >= 11 is 7.50. The number of likely N-dealkylation sites (N-methyl/N-ethyl adjacent to an activating group) is 1. The number of rotatable bonds is 2. The van der Waals surface area contributed by atoms with Crippen molar-refractivity contribution in [2.24, 2.45) is 0 Å². The van der Waals surface area contributed by atoms with Crippen LogP contribution in [0.4, 0.5) is 5.69 Å². The molecule has 2 aromatic heterocycles. The lowest BCUT2D eigenvalue weighted by Gasteiger charge is -2.46. The maximum Gasteiger partial charge on any atom is 0.272 e. The van der Waals surface area contributed by atoms with Gasteiger partial charge >= 0.3 is 0 Å². The van der Waals surface area contributed by atoms with Gasteiger partial charge in [0.15, 0.2) is 0 Å². The number of piperazine rings is 1. The van der Waals surface area contributed by atoms with Crippen molar-refractivity contribution in [2.45, 2.75) is 12.0 Å². The number of carbonyl (C=O) groups is 2. The third kappa shape index (κ3) is 3.00. The highest BCUT2D eigenvalue weighted by atomic mass is 35.5. The molecule has 2 fully saturated rings. The third-order valence-corrected chi connectivity index (χ3v) is 6.19. The average Bonchev–Trinajstić information content (AvgIpc) is 3.29. The number of nitrogens with zero attached hydrogens (tertiary/aromatic N) is 4. The van der Waals surface area contributed by atoms with E-state index in [1.807, 2.05) is 33.7 Å². The van der Waals surface area contributed by atoms with Crippen molar-refractivity contribution < 1.29 is 9.59 Å². The summed E-state index contributed by atoms with van der Waals surface area (Å²) in [5.41, 5.74) is 1.07. The normalized spacial score (nSPS) is 23.8. The van der Waals surface area contributed by atoms with E-state index in [1.165, 1.54) is 0 Å². The molecule has 0 saturated carbocycles. The largest absolute Gasteiger partial charge is 0.335 e. The molecule has 6 nitrogen and oxygen atoms in total. The van der Waals surface area contributed by atoms with E-state index in [9.17, 15) is 9.59 Å². The molecule has 1 spiro atoms. The summed E-state index contributed by atoms with van der Waals surface area (Å²) in [5, 5.41) is 4.28. The second-order valence-electron chi connectivity index (χ2n) is 6.86. The van der Waals surface area contributed by atoms with Gasteiger partial charge < -0.3 is 9.80 Å². The first-order valence-electron chi connectivity index (χ1n) is 8.44. The Balaban J connectivity index is 1.55. The number of pyridine rings is 1. The smallest absolute Gasteiger partial charge is 0.272 e. The molecule has 2 saturated heterocycles. The standard InChI is InChI=1S/C18H19ClN4O2S/c1-21-9-16(24)23(13-5-8-26-10-13)12-18(21)6-7-22(11-18)17(25)14-3-2-4-15(19)20-14/h2-5,8,10H,6-7,9,11-12H2,1H3. The van der Waals surface area contributed by atoms with E-state index in [0.717, 1.165) is 12.1 Å². The fraction of sp³-hybridized carbons (Fsp3) is 0.389. The fourth-order valence-corrected chi connectivity index (χ4v) is 4.57. The van der Waals surface area contributed by atoms with Crippen LogP contribution < -0.4 is 4.90 Å². The molecule has 1 atom stereocenters. The second kappa shape index (κ2) is 6.64. The van der Waals surface area contributed by atoms with Crippen molar-refractivity contribution in [3.63, 3.8) is 0 Å². The number of hydrogen-bond donors (Lipinski definition) is 0. The van der Waals surface area contributed by atoms with Crippen LogP contribution in [0.1, 0.15) is 16.9 Å². The number of anilines is 1. The van der Waals surface area contributed by atoms with E-state index in [-0.39, 0.29) is 17.4 Å². The Morgan fingerprint density at radius 3 is 2.88 bits per heavy atom. The van der Waals surface area contributed by atoms with Crippen LogP contribution in [0.15, 0.2) is 35.0 Å². The number of aromatic nitrogens is 1. The van der Waals surface area contributed by atoms with Gasteiger partial charge in [-0.1, -0.05) is 17.7 Å². The molecule has 1 unspecified atom stereocenters. The molecule has 2 aromatic rings. The van der Waals surface area contributed by atoms with Crippen LogP contribution in [-0.2, 0) is 4.79 Å². The van der Waals surface area contributed by atoms with E-state index in [2.05, 4.69) is 9.88 Å². The minimum atomic E-state index is -0.232. The van der Waals surface area contributed by atoms with Crippen LogP contribution in [0.3, 0.4) is 0 Å². The number of thiophene rings is 1. The molecular weight excluding hydrogens is 372 g/mol. The minimum absolute atomic E-state index is 0.0952. The van der Waals surface area contributed by atoms with Crippen molar-refractivity contribution in [3.8, 4) is 0 Å². The maximum atomic E-state index is 12.8. The topological polar surface area (TPSA) is 56.8 Å². The second-order valence-corrected chi connectivity index (χ2v) is 8.03. The van der Waals surface area contributed by atoms with Gasteiger partial charge in [-0.05, 0) is 37.0 Å².